The first-order chi connectivity index (χ1) is 19.3. The molecule has 3 heterocycles. The largest absolute Gasteiger partial charge is 0.406 e. The number of aryl methyl sites for hydroxylation is 1. The fraction of sp³-hybridized carbons (Fsp3) is 0.233. The lowest BCUT2D eigenvalue weighted by Crippen LogP contribution is -2.39. The van der Waals surface area contributed by atoms with Crippen molar-refractivity contribution in [2.45, 2.75) is 32.3 Å². The van der Waals surface area contributed by atoms with Crippen molar-refractivity contribution in [1.82, 2.24) is 14.6 Å². The highest BCUT2D eigenvalue weighted by Gasteiger charge is 2.29. The van der Waals surface area contributed by atoms with E-state index in [-0.39, 0.29) is 40.5 Å². The number of carbonyl (C=O) groups excluding carboxylic acids is 1. The molecule has 0 radical (unpaired) electrons. The predicted octanol–water partition coefficient (Wildman–Crippen LogP) is 6.39. The Morgan fingerprint density at radius 2 is 1.88 bits per heavy atom. The number of aromatic nitrogens is 2. The molecule has 0 aliphatic carbocycles. The molecule has 5 rings (SSSR count). The van der Waals surface area contributed by atoms with Crippen molar-refractivity contribution in [2.24, 2.45) is 0 Å². The van der Waals surface area contributed by atoms with Gasteiger partial charge in [0.05, 0.1) is 17.4 Å². The Balaban J connectivity index is 1.45. The Kier molecular flexibility index (Phi) is 8.38. The zero-order chi connectivity index (χ0) is 28.2. The maximum Gasteiger partial charge on any atom is 0.303 e. The van der Waals surface area contributed by atoms with Gasteiger partial charge in [-0.2, -0.15) is 4.73 Å². The third-order valence-corrected chi connectivity index (χ3v) is 7.62. The Morgan fingerprint density at radius 1 is 1.12 bits per heavy atom. The summed E-state index contributed by atoms with van der Waals surface area (Å²) in [6.45, 7) is 2.92. The summed E-state index contributed by atoms with van der Waals surface area (Å²) in [5.41, 5.74) is 3.03. The number of benzene rings is 2. The smallest absolute Gasteiger partial charge is 0.303 e. The van der Waals surface area contributed by atoms with Crippen molar-refractivity contribution in [3.05, 3.63) is 122 Å². The normalized spacial score (nSPS) is 13.8. The van der Waals surface area contributed by atoms with Crippen LogP contribution in [0.15, 0.2) is 78.0 Å². The zero-order valence-corrected chi connectivity index (χ0v) is 23.3. The van der Waals surface area contributed by atoms with Crippen LogP contribution in [-0.2, 0) is 6.61 Å². The number of nitrogens with zero attached hydrogens (tertiary/aromatic N) is 3. The van der Waals surface area contributed by atoms with Crippen LogP contribution in [0.3, 0.4) is 0 Å². The second-order valence-corrected chi connectivity index (χ2v) is 10.5. The Hall–Kier alpha value is -3.88. The lowest BCUT2D eigenvalue weighted by molar-refractivity contribution is 0.0692. The van der Waals surface area contributed by atoms with Crippen molar-refractivity contribution in [1.29, 1.82) is 0 Å². The van der Waals surface area contributed by atoms with Gasteiger partial charge < -0.3 is 15.1 Å². The summed E-state index contributed by atoms with van der Waals surface area (Å²) in [7, 11) is 0. The van der Waals surface area contributed by atoms with Crippen molar-refractivity contribution >= 4 is 40.5 Å². The third-order valence-electron chi connectivity index (χ3n) is 7.03. The van der Waals surface area contributed by atoms with Crippen LogP contribution in [0.5, 0.6) is 0 Å². The summed E-state index contributed by atoms with van der Waals surface area (Å²) < 4.78 is 14.4. The molecule has 0 atom stereocenters. The van der Waals surface area contributed by atoms with Gasteiger partial charge in [0, 0.05) is 41.8 Å². The standard InChI is InChI=1S/C30H27Cl2FN4O3/c1-19-4-7-23(31)15-26(19)35-28-25(17-37(30(39)27(28)32)40-18-20-3-2-12-34-16-20)29(38)36-13-10-22(11-14-36)21-5-8-24(33)9-6-21/h2-9,12,15-17,22,35H,10-11,13-14,18H2,1H3. The maximum absolute atomic E-state index is 13.9. The monoisotopic (exact) mass is 580 g/mol. The number of anilines is 2. The number of amides is 1. The van der Waals surface area contributed by atoms with Gasteiger partial charge in [0.25, 0.3) is 5.91 Å². The number of rotatable bonds is 7. The molecule has 1 amide bonds. The molecule has 0 spiro atoms. The minimum atomic E-state index is -0.612. The van der Waals surface area contributed by atoms with Crippen LogP contribution < -0.4 is 15.7 Å². The number of piperidine rings is 1. The molecule has 1 aliphatic rings. The zero-order valence-electron chi connectivity index (χ0n) is 21.7. The van der Waals surface area contributed by atoms with Crippen molar-refractivity contribution in [3.63, 3.8) is 0 Å². The first kappa shape index (κ1) is 27.7. The van der Waals surface area contributed by atoms with E-state index in [2.05, 4.69) is 10.3 Å². The summed E-state index contributed by atoms with van der Waals surface area (Å²) in [5, 5.41) is 3.48. The van der Waals surface area contributed by atoms with Crippen LogP contribution in [0.1, 0.15) is 45.8 Å². The van der Waals surface area contributed by atoms with E-state index in [1.165, 1.54) is 18.3 Å². The SMILES string of the molecule is Cc1ccc(Cl)cc1Nc1c(C(=O)N2CCC(c3ccc(F)cc3)CC2)cn(OCc2cccnc2)c(=O)c1Cl. The van der Waals surface area contributed by atoms with E-state index in [0.717, 1.165) is 34.3 Å². The van der Waals surface area contributed by atoms with E-state index in [9.17, 15) is 14.0 Å². The van der Waals surface area contributed by atoms with Crippen LogP contribution in [0.4, 0.5) is 15.8 Å². The van der Waals surface area contributed by atoms with Crippen LogP contribution in [0, 0.1) is 12.7 Å². The fourth-order valence-corrected chi connectivity index (χ4v) is 5.16. The average molecular weight is 581 g/mol. The number of hydrogen-bond donors (Lipinski definition) is 1. The molecular weight excluding hydrogens is 554 g/mol. The number of likely N-dealkylation sites (tertiary alicyclic amines) is 1. The highest BCUT2D eigenvalue weighted by molar-refractivity contribution is 6.34. The molecule has 1 saturated heterocycles. The van der Waals surface area contributed by atoms with E-state index in [4.69, 9.17) is 28.0 Å². The van der Waals surface area contributed by atoms with Gasteiger partial charge in [-0.1, -0.05) is 47.5 Å². The molecule has 10 heteroatoms. The summed E-state index contributed by atoms with van der Waals surface area (Å²) in [4.78, 5) is 38.6. The molecule has 0 bridgehead atoms. The van der Waals surface area contributed by atoms with Gasteiger partial charge in [-0.25, -0.2) is 4.39 Å². The summed E-state index contributed by atoms with van der Waals surface area (Å²) >= 11 is 12.8. The summed E-state index contributed by atoms with van der Waals surface area (Å²) in [6.07, 6.45) is 6.08. The Bertz CT molecular complexity index is 1570. The maximum atomic E-state index is 13.9. The number of halogens is 3. The molecule has 0 saturated carbocycles. The van der Waals surface area contributed by atoms with Crippen LogP contribution in [0.25, 0.3) is 0 Å². The minimum Gasteiger partial charge on any atom is -0.406 e. The number of pyridine rings is 2. The first-order valence-electron chi connectivity index (χ1n) is 12.9. The predicted molar refractivity (Wildman–Crippen MR) is 154 cm³/mol. The molecule has 7 nitrogen and oxygen atoms in total. The van der Waals surface area contributed by atoms with Gasteiger partial charge in [-0.3, -0.25) is 14.6 Å². The molecule has 40 heavy (non-hydrogen) atoms. The molecule has 0 unspecified atom stereocenters. The molecule has 206 valence electrons. The molecular formula is C30H27Cl2FN4O3. The summed E-state index contributed by atoms with van der Waals surface area (Å²) in [6, 6.07) is 15.4. The first-order valence-corrected chi connectivity index (χ1v) is 13.6. The Morgan fingerprint density at radius 3 is 2.58 bits per heavy atom. The van der Waals surface area contributed by atoms with Crippen molar-refractivity contribution < 1.29 is 14.0 Å². The van der Waals surface area contributed by atoms with Crippen LogP contribution >= 0.6 is 23.2 Å². The number of nitrogens with one attached hydrogen (secondary N) is 1. The quantitative estimate of drug-likeness (QED) is 0.274. The molecule has 2 aromatic carbocycles. The van der Waals surface area contributed by atoms with E-state index >= 15 is 0 Å². The van der Waals surface area contributed by atoms with Gasteiger partial charge in [-0.15, -0.1) is 0 Å². The molecule has 1 fully saturated rings. The molecule has 1 N–H and O–H groups in total. The van der Waals surface area contributed by atoms with Gasteiger partial charge in [-0.05, 0) is 67.1 Å². The number of hydrogen-bond acceptors (Lipinski definition) is 5. The lowest BCUT2D eigenvalue weighted by Gasteiger charge is -2.33. The third kappa shape index (κ3) is 6.13. The molecule has 4 aromatic rings. The van der Waals surface area contributed by atoms with Gasteiger partial charge in [0.15, 0.2) is 0 Å². The van der Waals surface area contributed by atoms with Gasteiger partial charge in [0.1, 0.15) is 17.4 Å². The van der Waals surface area contributed by atoms with E-state index in [1.807, 2.05) is 19.1 Å². The van der Waals surface area contributed by atoms with E-state index in [0.29, 0.717) is 23.8 Å². The van der Waals surface area contributed by atoms with Gasteiger partial charge >= 0.3 is 5.56 Å². The topological polar surface area (TPSA) is 76.5 Å². The molecule has 2 aromatic heterocycles. The summed E-state index contributed by atoms with van der Waals surface area (Å²) in [5.74, 6) is -0.346. The minimum absolute atomic E-state index is 0.0565. The Labute approximate surface area is 241 Å². The fourth-order valence-electron chi connectivity index (χ4n) is 4.75. The van der Waals surface area contributed by atoms with E-state index < -0.39 is 5.56 Å². The van der Waals surface area contributed by atoms with Crippen molar-refractivity contribution in [2.75, 3.05) is 18.4 Å². The highest BCUT2D eigenvalue weighted by atomic mass is 35.5. The second kappa shape index (κ2) is 12.1. The highest BCUT2D eigenvalue weighted by Crippen LogP contribution is 2.33. The second-order valence-electron chi connectivity index (χ2n) is 9.70. The van der Waals surface area contributed by atoms with Gasteiger partial charge in [0.2, 0.25) is 0 Å². The van der Waals surface area contributed by atoms with Crippen LogP contribution in [0.2, 0.25) is 10.0 Å². The van der Waals surface area contributed by atoms with E-state index in [1.54, 1.807) is 47.6 Å². The molecule has 1 aliphatic heterocycles. The average Bonchev–Trinajstić information content (AvgIpc) is 2.97. The lowest BCUT2D eigenvalue weighted by atomic mass is 9.89. The van der Waals surface area contributed by atoms with Crippen molar-refractivity contribution in [3.8, 4) is 0 Å². The number of carbonyl (C=O) groups is 1. The van der Waals surface area contributed by atoms with Crippen LogP contribution in [-0.4, -0.2) is 33.6 Å².